The van der Waals surface area contributed by atoms with Crippen LogP contribution in [0.5, 0.6) is 0 Å². The van der Waals surface area contributed by atoms with Crippen LogP contribution in [0.4, 0.5) is 0 Å². The second-order valence-electron chi connectivity index (χ2n) is 3.24. The zero-order valence-corrected chi connectivity index (χ0v) is 8.40. The van der Waals surface area contributed by atoms with Gasteiger partial charge in [0.2, 0.25) is 0 Å². The Balaban J connectivity index is 2.32. The van der Waals surface area contributed by atoms with Gasteiger partial charge in [-0.1, -0.05) is 0 Å². The van der Waals surface area contributed by atoms with Crippen molar-refractivity contribution in [1.82, 2.24) is 14.8 Å². The molecule has 0 amide bonds. The number of methoxy groups -OCH3 is 1. The molecule has 0 atom stereocenters. The van der Waals surface area contributed by atoms with E-state index < -0.39 is 0 Å². The first-order chi connectivity index (χ1) is 6.79. The lowest BCUT2D eigenvalue weighted by molar-refractivity contribution is 0.184. The molecule has 2 aromatic heterocycles. The Bertz CT molecular complexity index is 436. The highest BCUT2D eigenvalue weighted by molar-refractivity contribution is 5.73. The first kappa shape index (κ1) is 9.15. The Morgan fingerprint density at radius 2 is 2.21 bits per heavy atom. The fourth-order valence-corrected chi connectivity index (χ4v) is 1.36. The van der Waals surface area contributed by atoms with Crippen LogP contribution < -0.4 is 0 Å². The zero-order valence-electron chi connectivity index (χ0n) is 8.40. The largest absolute Gasteiger partial charge is 0.383 e. The topological polar surface area (TPSA) is 39.9 Å². The monoisotopic (exact) mass is 191 g/mol. The molecule has 4 nitrogen and oxygen atoms in total. The molecule has 0 bridgehead atoms. The summed E-state index contributed by atoms with van der Waals surface area (Å²) in [5.74, 6) is 0. The van der Waals surface area contributed by atoms with Gasteiger partial charge >= 0.3 is 0 Å². The number of pyridine rings is 1. The molecule has 0 aliphatic rings. The maximum absolute atomic E-state index is 4.98. The summed E-state index contributed by atoms with van der Waals surface area (Å²) >= 11 is 0. The average molecular weight is 191 g/mol. The van der Waals surface area contributed by atoms with Gasteiger partial charge in [-0.25, -0.2) is 4.98 Å². The number of hydrogen-bond acceptors (Lipinski definition) is 3. The summed E-state index contributed by atoms with van der Waals surface area (Å²) < 4.78 is 6.85. The van der Waals surface area contributed by atoms with Crippen LogP contribution in [0.1, 0.15) is 5.69 Å². The van der Waals surface area contributed by atoms with Crippen LogP contribution in [-0.4, -0.2) is 28.5 Å². The van der Waals surface area contributed by atoms with Gasteiger partial charge in [0.1, 0.15) is 11.0 Å². The minimum Gasteiger partial charge on any atom is -0.383 e. The van der Waals surface area contributed by atoms with Crippen molar-refractivity contribution in [3.63, 3.8) is 0 Å². The van der Waals surface area contributed by atoms with E-state index in [1.807, 2.05) is 29.9 Å². The Kier molecular flexibility index (Phi) is 2.45. The molecule has 2 heterocycles. The van der Waals surface area contributed by atoms with E-state index >= 15 is 0 Å². The number of nitrogens with zero attached hydrogens (tertiary/aromatic N) is 3. The van der Waals surface area contributed by atoms with Gasteiger partial charge in [-0.2, -0.15) is 5.10 Å². The minimum atomic E-state index is 0.674. The predicted molar refractivity (Wildman–Crippen MR) is 54.1 cm³/mol. The molecule has 0 saturated heterocycles. The molecular formula is C10H13N3O. The summed E-state index contributed by atoms with van der Waals surface area (Å²) in [6, 6.07) is 3.96. The van der Waals surface area contributed by atoms with E-state index in [1.165, 1.54) is 0 Å². The standard InChI is InChI=1S/C10H13N3O/c1-8-3-4-9-10(11-8)7-13(12-9)5-6-14-2/h3-4,7H,5-6H2,1-2H3. The third-order valence-electron chi connectivity index (χ3n) is 2.07. The first-order valence-electron chi connectivity index (χ1n) is 4.59. The van der Waals surface area contributed by atoms with Crippen molar-refractivity contribution in [3.05, 3.63) is 24.0 Å². The summed E-state index contributed by atoms with van der Waals surface area (Å²) in [7, 11) is 1.69. The molecule has 4 heteroatoms. The van der Waals surface area contributed by atoms with E-state index in [-0.39, 0.29) is 0 Å². The molecule has 2 rings (SSSR count). The molecule has 0 aliphatic heterocycles. The molecular weight excluding hydrogens is 178 g/mol. The van der Waals surface area contributed by atoms with Gasteiger partial charge in [-0.3, -0.25) is 4.68 Å². The minimum absolute atomic E-state index is 0.674. The quantitative estimate of drug-likeness (QED) is 0.736. The lowest BCUT2D eigenvalue weighted by Gasteiger charge is -1.97. The second-order valence-corrected chi connectivity index (χ2v) is 3.24. The van der Waals surface area contributed by atoms with E-state index in [0.29, 0.717) is 6.61 Å². The van der Waals surface area contributed by atoms with Crippen molar-refractivity contribution >= 4 is 11.0 Å². The van der Waals surface area contributed by atoms with E-state index in [0.717, 1.165) is 23.3 Å². The third kappa shape index (κ3) is 1.75. The molecule has 0 unspecified atom stereocenters. The van der Waals surface area contributed by atoms with Gasteiger partial charge in [0.05, 0.1) is 19.3 Å². The SMILES string of the molecule is COCCn1cc2nc(C)ccc2n1. The number of aryl methyl sites for hydroxylation is 1. The normalized spacial score (nSPS) is 11.0. The van der Waals surface area contributed by atoms with E-state index in [2.05, 4.69) is 10.1 Å². The van der Waals surface area contributed by atoms with Crippen molar-refractivity contribution in [1.29, 1.82) is 0 Å². The van der Waals surface area contributed by atoms with Crippen molar-refractivity contribution in [2.45, 2.75) is 13.5 Å². The third-order valence-corrected chi connectivity index (χ3v) is 2.07. The van der Waals surface area contributed by atoms with Crippen molar-refractivity contribution in [2.75, 3.05) is 13.7 Å². The molecule has 0 radical (unpaired) electrons. The van der Waals surface area contributed by atoms with Gasteiger partial charge < -0.3 is 4.74 Å². The van der Waals surface area contributed by atoms with Gasteiger partial charge in [0, 0.05) is 12.8 Å². The molecule has 0 N–H and O–H groups in total. The van der Waals surface area contributed by atoms with Crippen LogP contribution in [0.3, 0.4) is 0 Å². The molecule has 74 valence electrons. The molecule has 14 heavy (non-hydrogen) atoms. The molecule has 0 fully saturated rings. The van der Waals surface area contributed by atoms with Crippen LogP contribution in [-0.2, 0) is 11.3 Å². The lowest BCUT2D eigenvalue weighted by atomic mass is 10.3. The smallest absolute Gasteiger partial charge is 0.111 e. The number of rotatable bonds is 3. The summed E-state index contributed by atoms with van der Waals surface area (Å²) in [5, 5.41) is 4.37. The van der Waals surface area contributed by atoms with E-state index in [9.17, 15) is 0 Å². The van der Waals surface area contributed by atoms with Crippen molar-refractivity contribution in [3.8, 4) is 0 Å². The highest BCUT2D eigenvalue weighted by atomic mass is 16.5. The van der Waals surface area contributed by atoms with E-state index in [1.54, 1.807) is 7.11 Å². The van der Waals surface area contributed by atoms with Gasteiger partial charge in [-0.05, 0) is 19.1 Å². The maximum atomic E-state index is 4.98. The molecule has 0 saturated carbocycles. The fourth-order valence-electron chi connectivity index (χ4n) is 1.36. The average Bonchev–Trinajstić information content (AvgIpc) is 2.56. The van der Waals surface area contributed by atoms with Gasteiger partial charge in [-0.15, -0.1) is 0 Å². The van der Waals surface area contributed by atoms with Crippen LogP contribution >= 0.6 is 0 Å². The zero-order chi connectivity index (χ0) is 9.97. The molecule has 0 aliphatic carbocycles. The van der Waals surface area contributed by atoms with Crippen molar-refractivity contribution < 1.29 is 4.74 Å². The van der Waals surface area contributed by atoms with Crippen LogP contribution in [0, 0.1) is 6.92 Å². The second kappa shape index (κ2) is 3.75. The number of fused-ring (bicyclic) bond motifs is 1. The van der Waals surface area contributed by atoms with Crippen LogP contribution in [0.2, 0.25) is 0 Å². The van der Waals surface area contributed by atoms with Gasteiger partial charge in [0.25, 0.3) is 0 Å². The Morgan fingerprint density at radius 1 is 1.36 bits per heavy atom. The molecule has 2 aromatic rings. The van der Waals surface area contributed by atoms with Crippen molar-refractivity contribution in [2.24, 2.45) is 0 Å². The Labute approximate surface area is 82.5 Å². The Morgan fingerprint density at radius 3 is 3.00 bits per heavy atom. The maximum Gasteiger partial charge on any atom is 0.111 e. The summed E-state index contributed by atoms with van der Waals surface area (Å²) in [4.78, 5) is 4.38. The number of hydrogen-bond donors (Lipinski definition) is 0. The highest BCUT2D eigenvalue weighted by Gasteiger charge is 2.01. The lowest BCUT2D eigenvalue weighted by Crippen LogP contribution is -2.03. The number of ether oxygens (including phenoxy) is 1. The predicted octanol–water partition coefficient (Wildman–Crippen LogP) is 1.39. The Hall–Kier alpha value is -1.42. The van der Waals surface area contributed by atoms with E-state index in [4.69, 9.17) is 4.74 Å². The number of aromatic nitrogens is 3. The summed E-state index contributed by atoms with van der Waals surface area (Å²) in [6.45, 7) is 3.42. The van der Waals surface area contributed by atoms with Gasteiger partial charge in [0.15, 0.2) is 0 Å². The van der Waals surface area contributed by atoms with Crippen LogP contribution in [0.25, 0.3) is 11.0 Å². The first-order valence-corrected chi connectivity index (χ1v) is 4.59. The molecule has 0 aromatic carbocycles. The summed E-state index contributed by atoms with van der Waals surface area (Å²) in [6.07, 6.45) is 1.95. The summed E-state index contributed by atoms with van der Waals surface area (Å²) in [5.41, 5.74) is 2.90. The molecule has 0 spiro atoms. The highest BCUT2D eigenvalue weighted by Crippen LogP contribution is 2.09. The van der Waals surface area contributed by atoms with Crippen LogP contribution in [0.15, 0.2) is 18.3 Å². The fraction of sp³-hybridized carbons (Fsp3) is 0.400.